The molecule has 5 heteroatoms. The number of rotatable bonds is 6. The Morgan fingerprint density at radius 1 is 1.50 bits per heavy atom. The van der Waals surface area contributed by atoms with Gasteiger partial charge in [0.15, 0.2) is 0 Å². The Kier molecular flexibility index (Phi) is 5.78. The maximum atomic E-state index is 11.6. The summed E-state index contributed by atoms with van der Waals surface area (Å²) in [6.45, 7) is 7.44. The molecule has 0 aliphatic carbocycles. The van der Waals surface area contributed by atoms with Gasteiger partial charge in [-0.25, -0.2) is 5.84 Å². The summed E-state index contributed by atoms with van der Waals surface area (Å²) in [6, 6.07) is 2.49. The molecule has 0 aliphatic heterocycles. The monoisotopic (exact) mass is 269 g/mol. The van der Waals surface area contributed by atoms with Gasteiger partial charge < -0.3 is 0 Å². The summed E-state index contributed by atoms with van der Waals surface area (Å²) >= 11 is 1.43. The highest BCUT2D eigenvalue weighted by Crippen LogP contribution is 2.20. The lowest BCUT2D eigenvalue weighted by molar-refractivity contribution is 0.0955. The lowest BCUT2D eigenvalue weighted by atomic mass is 10.0. The van der Waals surface area contributed by atoms with Gasteiger partial charge in [0, 0.05) is 12.6 Å². The first-order valence-corrected chi connectivity index (χ1v) is 7.11. The molecule has 102 valence electrons. The molecular weight excluding hydrogens is 246 g/mol. The Morgan fingerprint density at radius 2 is 2.17 bits per heavy atom. The lowest BCUT2D eigenvalue weighted by Crippen LogP contribution is -2.32. The van der Waals surface area contributed by atoms with E-state index in [0.29, 0.717) is 16.8 Å². The minimum atomic E-state index is -0.204. The Balaban J connectivity index is 2.67. The van der Waals surface area contributed by atoms with Crippen LogP contribution in [0, 0.1) is 5.92 Å². The number of carbonyl (C=O) groups is 1. The van der Waals surface area contributed by atoms with Crippen molar-refractivity contribution in [2.75, 3.05) is 7.05 Å². The van der Waals surface area contributed by atoms with Gasteiger partial charge in [0.1, 0.15) is 0 Å². The molecule has 0 fully saturated rings. The first-order valence-electron chi connectivity index (χ1n) is 6.23. The molecule has 0 radical (unpaired) electrons. The van der Waals surface area contributed by atoms with Crippen molar-refractivity contribution in [2.24, 2.45) is 11.8 Å². The van der Waals surface area contributed by atoms with E-state index in [0.717, 1.165) is 18.5 Å². The summed E-state index contributed by atoms with van der Waals surface area (Å²) in [7, 11) is 2.09. The maximum absolute atomic E-state index is 11.6. The highest BCUT2D eigenvalue weighted by Gasteiger charge is 2.16. The molecule has 4 nitrogen and oxygen atoms in total. The Hall–Kier alpha value is -0.910. The summed E-state index contributed by atoms with van der Waals surface area (Å²) in [5.41, 5.74) is 3.24. The third-order valence-electron chi connectivity index (χ3n) is 3.07. The highest BCUT2D eigenvalue weighted by molar-refractivity contribution is 7.12. The molecule has 1 aromatic heterocycles. The van der Waals surface area contributed by atoms with Gasteiger partial charge in [0.05, 0.1) is 4.88 Å². The van der Waals surface area contributed by atoms with Gasteiger partial charge in [-0.15, -0.1) is 11.3 Å². The molecule has 1 amide bonds. The van der Waals surface area contributed by atoms with Crippen molar-refractivity contribution >= 4 is 17.2 Å². The summed E-state index contributed by atoms with van der Waals surface area (Å²) in [6.07, 6.45) is 1.15. The van der Waals surface area contributed by atoms with Crippen LogP contribution in [0.4, 0.5) is 0 Å². The summed E-state index contributed by atoms with van der Waals surface area (Å²) in [5, 5.41) is 1.93. The fourth-order valence-electron chi connectivity index (χ4n) is 2.01. The quantitative estimate of drug-likeness (QED) is 0.473. The second-order valence-corrected chi connectivity index (χ2v) is 6.06. The zero-order valence-corrected chi connectivity index (χ0v) is 12.4. The van der Waals surface area contributed by atoms with Crippen LogP contribution in [-0.2, 0) is 6.54 Å². The van der Waals surface area contributed by atoms with Crippen LogP contribution < -0.4 is 11.3 Å². The van der Waals surface area contributed by atoms with E-state index in [9.17, 15) is 4.79 Å². The fraction of sp³-hybridized carbons (Fsp3) is 0.615. The lowest BCUT2D eigenvalue weighted by Gasteiger charge is -2.26. The minimum Gasteiger partial charge on any atom is -0.299 e. The minimum absolute atomic E-state index is 0.204. The van der Waals surface area contributed by atoms with E-state index in [1.807, 2.05) is 11.4 Å². The predicted molar refractivity (Wildman–Crippen MR) is 76.4 cm³/mol. The van der Waals surface area contributed by atoms with Crippen LogP contribution in [0.25, 0.3) is 0 Å². The maximum Gasteiger partial charge on any atom is 0.275 e. The number of hydrazine groups is 1. The topological polar surface area (TPSA) is 58.4 Å². The van der Waals surface area contributed by atoms with Crippen LogP contribution in [0.3, 0.4) is 0 Å². The molecule has 0 bridgehead atoms. The van der Waals surface area contributed by atoms with Crippen LogP contribution in [0.5, 0.6) is 0 Å². The molecule has 1 aromatic rings. The molecule has 0 saturated carbocycles. The smallest absolute Gasteiger partial charge is 0.275 e. The Bertz CT molecular complexity index is 389. The number of nitrogens with one attached hydrogen (secondary N) is 1. The van der Waals surface area contributed by atoms with Crippen molar-refractivity contribution in [2.45, 2.75) is 39.8 Å². The molecule has 0 saturated heterocycles. The van der Waals surface area contributed by atoms with Gasteiger partial charge >= 0.3 is 0 Å². The van der Waals surface area contributed by atoms with E-state index >= 15 is 0 Å². The Labute approximate surface area is 113 Å². The number of nitrogens with zero attached hydrogens (tertiary/aromatic N) is 1. The first kappa shape index (κ1) is 15.1. The third-order valence-corrected chi connectivity index (χ3v) is 4.02. The van der Waals surface area contributed by atoms with Crippen molar-refractivity contribution in [3.05, 3.63) is 21.9 Å². The number of hydrogen-bond acceptors (Lipinski definition) is 4. The fourth-order valence-corrected chi connectivity index (χ4v) is 2.83. The van der Waals surface area contributed by atoms with Crippen molar-refractivity contribution in [3.63, 3.8) is 0 Å². The standard InChI is InChI=1S/C13H23N3OS/c1-9(2)7-10(3)16(4)8-11-5-6-18-12(11)13(17)15-14/h5-6,9-10H,7-8,14H2,1-4H3,(H,15,17). The van der Waals surface area contributed by atoms with E-state index in [4.69, 9.17) is 5.84 Å². The van der Waals surface area contributed by atoms with Crippen molar-refractivity contribution in [1.29, 1.82) is 0 Å². The van der Waals surface area contributed by atoms with E-state index in [1.54, 1.807) is 0 Å². The zero-order valence-electron chi connectivity index (χ0n) is 11.6. The number of amides is 1. The van der Waals surface area contributed by atoms with Crippen molar-refractivity contribution < 1.29 is 4.79 Å². The van der Waals surface area contributed by atoms with E-state index in [-0.39, 0.29) is 5.91 Å². The van der Waals surface area contributed by atoms with Crippen molar-refractivity contribution in [3.8, 4) is 0 Å². The van der Waals surface area contributed by atoms with E-state index < -0.39 is 0 Å². The normalized spacial score (nSPS) is 13.1. The van der Waals surface area contributed by atoms with Crippen LogP contribution in [0.1, 0.15) is 42.4 Å². The molecule has 1 atom stereocenters. The largest absolute Gasteiger partial charge is 0.299 e. The average molecular weight is 269 g/mol. The number of thiophene rings is 1. The number of nitrogen functional groups attached to an aromatic ring is 1. The number of carbonyl (C=O) groups excluding carboxylic acids is 1. The first-order chi connectivity index (χ1) is 8.45. The SMILES string of the molecule is CC(C)CC(C)N(C)Cc1ccsc1C(=O)NN. The zero-order chi connectivity index (χ0) is 13.7. The second kappa shape index (κ2) is 6.87. The van der Waals surface area contributed by atoms with E-state index in [2.05, 4.69) is 38.1 Å². The highest BCUT2D eigenvalue weighted by atomic mass is 32.1. The summed E-state index contributed by atoms with van der Waals surface area (Å²) in [4.78, 5) is 14.6. The second-order valence-electron chi connectivity index (χ2n) is 5.14. The van der Waals surface area contributed by atoms with Crippen molar-refractivity contribution in [1.82, 2.24) is 10.3 Å². The van der Waals surface area contributed by atoms with E-state index in [1.165, 1.54) is 11.3 Å². The van der Waals surface area contributed by atoms with Gasteiger partial charge in [-0.2, -0.15) is 0 Å². The van der Waals surface area contributed by atoms with Crippen LogP contribution in [0.2, 0.25) is 0 Å². The van der Waals surface area contributed by atoms with Gasteiger partial charge in [-0.1, -0.05) is 13.8 Å². The van der Waals surface area contributed by atoms with Gasteiger partial charge in [-0.3, -0.25) is 15.1 Å². The number of hydrogen-bond donors (Lipinski definition) is 2. The predicted octanol–water partition coefficient (Wildman–Crippen LogP) is 2.22. The molecule has 18 heavy (non-hydrogen) atoms. The molecule has 1 unspecified atom stereocenters. The molecule has 0 spiro atoms. The molecule has 1 rings (SSSR count). The van der Waals surface area contributed by atoms with Gasteiger partial charge in [-0.05, 0) is 43.3 Å². The number of nitrogens with two attached hydrogens (primary N) is 1. The third kappa shape index (κ3) is 4.08. The van der Waals surface area contributed by atoms with Gasteiger partial charge in [0.2, 0.25) is 0 Å². The van der Waals surface area contributed by atoms with Gasteiger partial charge in [0.25, 0.3) is 5.91 Å². The summed E-state index contributed by atoms with van der Waals surface area (Å²) < 4.78 is 0. The molecule has 0 aromatic carbocycles. The molecule has 1 heterocycles. The molecular formula is C13H23N3OS. The Morgan fingerprint density at radius 3 is 2.72 bits per heavy atom. The molecule has 3 N–H and O–H groups in total. The van der Waals surface area contributed by atoms with Crippen LogP contribution in [0.15, 0.2) is 11.4 Å². The average Bonchev–Trinajstić information content (AvgIpc) is 2.75. The van der Waals surface area contributed by atoms with Crippen LogP contribution in [-0.4, -0.2) is 23.9 Å². The summed E-state index contributed by atoms with van der Waals surface area (Å²) in [5.74, 6) is 5.66. The van der Waals surface area contributed by atoms with Crippen LogP contribution >= 0.6 is 11.3 Å². The molecule has 0 aliphatic rings.